The third-order valence-electron chi connectivity index (χ3n) is 1.72. The van der Waals surface area contributed by atoms with E-state index in [-0.39, 0.29) is 0 Å². The first-order valence-electron chi connectivity index (χ1n) is 4.18. The van der Waals surface area contributed by atoms with Gasteiger partial charge in [-0.2, -0.15) is 0 Å². The molecule has 0 amide bonds. The summed E-state index contributed by atoms with van der Waals surface area (Å²) in [5.74, 6) is 0.809. The molecule has 2 rings (SSSR count). The molecule has 4 nitrogen and oxygen atoms in total. The number of nitrogens with zero attached hydrogens (tertiary/aromatic N) is 2. The quantitative estimate of drug-likeness (QED) is 0.942. The number of rotatable bonds is 3. The molecule has 1 N–H and O–H groups in total. The molecule has 0 saturated carbocycles. The van der Waals surface area contributed by atoms with E-state index in [1.54, 1.807) is 7.11 Å². The summed E-state index contributed by atoms with van der Waals surface area (Å²) in [6.07, 6.45) is 0. The number of nitrogens with one attached hydrogen (secondary N) is 1. The lowest BCUT2D eigenvalue weighted by Crippen LogP contribution is -1.90. The van der Waals surface area contributed by atoms with Crippen LogP contribution < -0.4 is 10.1 Å². The van der Waals surface area contributed by atoms with Crippen molar-refractivity contribution >= 4 is 38.1 Å². The van der Waals surface area contributed by atoms with Gasteiger partial charge in [-0.25, -0.2) is 0 Å². The molecule has 1 heterocycles. The Kier molecular flexibility index (Phi) is 3.17. The largest absolute Gasteiger partial charge is 0.497 e. The number of aromatic nitrogens is 2. The SMILES string of the molecule is COc1cccc(Nc2nnc(Br)s2)c1. The fraction of sp³-hybridized carbons (Fsp3) is 0.111. The van der Waals surface area contributed by atoms with Crippen LogP contribution in [0.3, 0.4) is 0 Å². The van der Waals surface area contributed by atoms with E-state index in [9.17, 15) is 0 Å². The summed E-state index contributed by atoms with van der Waals surface area (Å²) in [4.78, 5) is 0. The predicted molar refractivity (Wildman–Crippen MR) is 63.9 cm³/mol. The molecular weight excluding hydrogens is 278 g/mol. The topological polar surface area (TPSA) is 47.0 Å². The average molecular weight is 286 g/mol. The van der Waals surface area contributed by atoms with E-state index >= 15 is 0 Å². The van der Waals surface area contributed by atoms with Crippen molar-refractivity contribution in [1.29, 1.82) is 0 Å². The van der Waals surface area contributed by atoms with Crippen LogP contribution >= 0.6 is 27.3 Å². The second-order valence-electron chi connectivity index (χ2n) is 2.72. The number of hydrogen-bond acceptors (Lipinski definition) is 5. The monoisotopic (exact) mass is 285 g/mol. The van der Waals surface area contributed by atoms with Crippen LogP contribution in [0.25, 0.3) is 0 Å². The second-order valence-corrected chi connectivity index (χ2v) is 4.97. The molecule has 0 aliphatic heterocycles. The summed E-state index contributed by atoms with van der Waals surface area (Å²) in [5, 5.41) is 11.7. The summed E-state index contributed by atoms with van der Waals surface area (Å²) in [7, 11) is 1.64. The van der Waals surface area contributed by atoms with Crippen molar-refractivity contribution in [3.63, 3.8) is 0 Å². The van der Waals surface area contributed by atoms with Gasteiger partial charge in [-0.1, -0.05) is 17.4 Å². The predicted octanol–water partition coefficient (Wildman–Crippen LogP) is 3.05. The number of ether oxygens (including phenoxy) is 1. The van der Waals surface area contributed by atoms with Crippen LogP contribution in [0, 0.1) is 0 Å². The highest BCUT2D eigenvalue weighted by atomic mass is 79.9. The zero-order chi connectivity index (χ0) is 10.7. The molecule has 0 unspecified atom stereocenters. The lowest BCUT2D eigenvalue weighted by Gasteiger charge is -2.03. The van der Waals surface area contributed by atoms with Crippen LogP contribution in [0.2, 0.25) is 0 Å². The molecule has 0 saturated heterocycles. The fourth-order valence-electron chi connectivity index (χ4n) is 1.08. The Hall–Kier alpha value is -1.14. The Bertz CT molecular complexity index is 460. The van der Waals surface area contributed by atoms with Crippen molar-refractivity contribution in [2.24, 2.45) is 0 Å². The van der Waals surface area contributed by atoms with E-state index in [1.807, 2.05) is 24.3 Å². The maximum absolute atomic E-state index is 5.12. The normalized spacial score (nSPS) is 10.0. The molecule has 15 heavy (non-hydrogen) atoms. The zero-order valence-corrected chi connectivity index (χ0v) is 10.3. The fourth-order valence-corrected chi connectivity index (χ4v) is 2.11. The van der Waals surface area contributed by atoms with E-state index in [2.05, 4.69) is 31.4 Å². The van der Waals surface area contributed by atoms with Crippen LogP contribution in [0.5, 0.6) is 5.75 Å². The number of hydrogen-bond donors (Lipinski definition) is 1. The average Bonchev–Trinajstić information content (AvgIpc) is 2.64. The minimum Gasteiger partial charge on any atom is -0.497 e. The summed E-state index contributed by atoms with van der Waals surface area (Å²) < 4.78 is 5.87. The van der Waals surface area contributed by atoms with Gasteiger partial charge in [0.2, 0.25) is 5.13 Å². The molecule has 0 radical (unpaired) electrons. The van der Waals surface area contributed by atoms with Crippen molar-refractivity contribution in [3.8, 4) is 5.75 Å². The van der Waals surface area contributed by atoms with Gasteiger partial charge in [0.1, 0.15) is 5.75 Å². The highest BCUT2D eigenvalue weighted by molar-refractivity contribution is 9.11. The summed E-state index contributed by atoms with van der Waals surface area (Å²) in [6, 6.07) is 7.64. The van der Waals surface area contributed by atoms with Gasteiger partial charge in [-0.3, -0.25) is 0 Å². The summed E-state index contributed by atoms with van der Waals surface area (Å²) in [6.45, 7) is 0. The van der Waals surface area contributed by atoms with Gasteiger partial charge in [0.05, 0.1) is 7.11 Å². The lowest BCUT2D eigenvalue weighted by molar-refractivity contribution is 0.415. The van der Waals surface area contributed by atoms with E-state index in [0.717, 1.165) is 20.5 Å². The van der Waals surface area contributed by atoms with Crippen molar-refractivity contribution in [2.45, 2.75) is 0 Å². The molecule has 6 heteroatoms. The van der Waals surface area contributed by atoms with Gasteiger partial charge in [-0.15, -0.1) is 10.2 Å². The second kappa shape index (κ2) is 4.59. The highest BCUT2D eigenvalue weighted by Crippen LogP contribution is 2.25. The smallest absolute Gasteiger partial charge is 0.210 e. The third-order valence-corrected chi connectivity index (χ3v) is 2.99. The van der Waals surface area contributed by atoms with Crippen molar-refractivity contribution in [1.82, 2.24) is 10.2 Å². The molecule has 1 aromatic carbocycles. The van der Waals surface area contributed by atoms with Crippen LogP contribution in [-0.4, -0.2) is 17.3 Å². The Morgan fingerprint density at radius 1 is 1.40 bits per heavy atom. The molecular formula is C9H8BrN3OS. The number of methoxy groups -OCH3 is 1. The van der Waals surface area contributed by atoms with E-state index in [1.165, 1.54) is 11.3 Å². The highest BCUT2D eigenvalue weighted by Gasteiger charge is 2.01. The summed E-state index contributed by atoms with van der Waals surface area (Å²) >= 11 is 4.69. The van der Waals surface area contributed by atoms with Gasteiger partial charge >= 0.3 is 0 Å². The standard InChI is InChI=1S/C9H8BrN3OS/c1-14-7-4-2-3-6(5-7)11-9-13-12-8(10)15-9/h2-5H,1H3,(H,11,13). The van der Waals surface area contributed by atoms with Gasteiger partial charge in [-0.05, 0) is 28.1 Å². The molecule has 2 aromatic rings. The molecule has 0 spiro atoms. The van der Waals surface area contributed by atoms with Crippen molar-refractivity contribution in [3.05, 3.63) is 28.2 Å². The van der Waals surface area contributed by atoms with E-state index in [4.69, 9.17) is 4.74 Å². The molecule has 1 aromatic heterocycles. The van der Waals surface area contributed by atoms with Gasteiger partial charge < -0.3 is 10.1 Å². The van der Waals surface area contributed by atoms with E-state index < -0.39 is 0 Å². The van der Waals surface area contributed by atoms with E-state index in [0.29, 0.717) is 0 Å². The van der Waals surface area contributed by atoms with Gasteiger partial charge in [0, 0.05) is 11.8 Å². The van der Waals surface area contributed by atoms with Crippen LogP contribution in [0.1, 0.15) is 0 Å². The van der Waals surface area contributed by atoms with Gasteiger partial charge in [0.15, 0.2) is 3.92 Å². The lowest BCUT2D eigenvalue weighted by atomic mass is 10.3. The molecule has 0 bridgehead atoms. The molecule has 78 valence electrons. The number of anilines is 2. The van der Waals surface area contributed by atoms with Crippen molar-refractivity contribution in [2.75, 3.05) is 12.4 Å². The molecule has 0 aliphatic carbocycles. The number of benzene rings is 1. The minimum atomic E-state index is 0.745. The Morgan fingerprint density at radius 3 is 2.93 bits per heavy atom. The Morgan fingerprint density at radius 2 is 2.27 bits per heavy atom. The van der Waals surface area contributed by atoms with Crippen molar-refractivity contribution < 1.29 is 4.74 Å². The maximum Gasteiger partial charge on any atom is 0.210 e. The van der Waals surface area contributed by atoms with Crippen LogP contribution in [0.15, 0.2) is 28.2 Å². The first kappa shape index (κ1) is 10.4. The summed E-state index contributed by atoms with van der Waals surface area (Å²) in [5.41, 5.74) is 0.929. The first-order chi connectivity index (χ1) is 7.28. The molecule has 0 aliphatic rings. The maximum atomic E-state index is 5.12. The van der Waals surface area contributed by atoms with Crippen LogP contribution in [-0.2, 0) is 0 Å². The van der Waals surface area contributed by atoms with Crippen LogP contribution in [0.4, 0.5) is 10.8 Å². The Balaban J connectivity index is 2.16. The minimum absolute atomic E-state index is 0.745. The molecule has 0 atom stereocenters. The number of halogens is 1. The Labute approximate surface area is 99.4 Å². The van der Waals surface area contributed by atoms with Gasteiger partial charge in [0.25, 0.3) is 0 Å². The molecule has 0 fully saturated rings. The first-order valence-corrected chi connectivity index (χ1v) is 5.79. The zero-order valence-electron chi connectivity index (χ0n) is 7.90. The third kappa shape index (κ3) is 2.66.